The van der Waals surface area contributed by atoms with E-state index in [0.717, 1.165) is 16.8 Å². The topological polar surface area (TPSA) is 29.1 Å². The van der Waals surface area contributed by atoms with Gasteiger partial charge >= 0.3 is 0 Å². The molecule has 0 aliphatic heterocycles. The number of aryl methyl sites for hydroxylation is 1. The lowest BCUT2D eigenvalue weighted by atomic mass is 10.1. The zero-order valence-electron chi connectivity index (χ0n) is 8.60. The third kappa shape index (κ3) is 2.48. The number of alkyl halides is 1. The van der Waals surface area contributed by atoms with Crippen LogP contribution in [0, 0.1) is 13.8 Å². The quantitative estimate of drug-likeness (QED) is 0.749. The molecule has 1 unspecified atom stereocenters. The van der Waals surface area contributed by atoms with Crippen LogP contribution in [0.25, 0.3) is 0 Å². The van der Waals surface area contributed by atoms with Gasteiger partial charge in [0.2, 0.25) is 5.91 Å². The molecule has 0 saturated heterocycles. The summed E-state index contributed by atoms with van der Waals surface area (Å²) in [4.78, 5) is 11.3. The minimum absolute atomic E-state index is 0.166. The van der Waals surface area contributed by atoms with Crippen molar-refractivity contribution in [1.29, 1.82) is 0 Å². The van der Waals surface area contributed by atoms with Crippen molar-refractivity contribution in [2.75, 3.05) is 5.32 Å². The zero-order chi connectivity index (χ0) is 10.7. The summed E-state index contributed by atoms with van der Waals surface area (Å²) in [5.74, 6) is -0.166. The second-order valence-electron chi connectivity index (χ2n) is 3.35. The molecule has 1 N–H and O–H groups in total. The molecule has 1 aromatic carbocycles. The Bertz CT molecular complexity index is 347. The zero-order valence-corrected chi connectivity index (χ0v) is 9.35. The highest BCUT2D eigenvalue weighted by Gasteiger charge is 2.10. The van der Waals surface area contributed by atoms with Crippen LogP contribution in [-0.2, 0) is 4.79 Å². The summed E-state index contributed by atoms with van der Waals surface area (Å²) in [6.07, 6.45) is 0. The maximum atomic E-state index is 11.3. The first-order valence-corrected chi connectivity index (χ1v) is 4.97. The molecule has 0 radical (unpaired) electrons. The number of anilines is 1. The average Bonchev–Trinajstić information content (AvgIpc) is 2.12. The van der Waals surface area contributed by atoms with Gasteiger partial charge in [0.15, 0.2) is 0 Å². The Labute approximate surface area is 89.3 Å². The van der Waals surface area contributed by atoms with Crippen LogP contribution in [0.2, 0.25) is 0 Å². The third-order valence-corrected chi connectivity index (χ3v) is 2.42. The van der Waals surface area contributed by atoms with Crippen molar-refractivity contribution in [2.45, 2.75) is 26.1 Å². The molecule has 0 saturated carbocycles. The molecule has 0 spiro atoms. The van der Waals surface area contributed by atoms with Gasteiger partial charge in [-0.25, -0.2) is 0 Å². The Hall–Kier alpha value is -1.02. The summed E-state index contributed by atoms with van der Waals surface area (Å²) in [6, 6.07) is 5.80. The fraction of sp³-hybridized carbons (Fsp3) is 0.364. The minimum Gasteiger partial charge on any atom is -0.325 e. The molecule has 0 aliphatic rings. The molecule has 0 aromatic heterocycles. The number of nitrogens with one attached hydrogen (secondary N) is 1. The summed E-state index contributed by atoms with van der Waals surface area (Å²) in [5.41, 5.74) is 3.07. The fourth-order valence-electron chi connectivity index (χ4n) is 1.12. The molecule has 0 aliphatic carbocycles. The fourth-order valence-corrected chi connectivity index (χ4v) is 1.17. The lowest BCUT2D eigenvalue weighted by Gasteiger charge is -2.10. The highest BCUT2D eigenvalue weighted by molar-refractivity contribution is 6.32. The van der Waals surface area contributed by atoms with Crippen molar-refractivity contribution in [3.63, 3.8) is 0 Å². The molecular formula is C11H14ClNO. The van der Waals surface area contributed by atoms with E-state index in [1.165, 1.54) is 0 Å². The summed E-state index contributed by atoms with van der Waals surface area (Å²) >= 11 is 5.66. The lowest BCUT2D eigenvalue weighted by Crippen LogP contribution is -2.20. The van der Waals surface area contributed by atoms with Crippen molar-refractivity contribution < 1.29 is 4.79 Å². The molecule has 0 bridgehead atoms. The Kier molecular flexibility index (Phi) is 3.53. The van der Waals surface area contributed by atoms with Gasteiger partial charge in [0.05, 0.1) is 0 Å². The van der Waals surface area contributed by atoms with E-state index in [1.54, 1.807) is 6.92 Å². The molecule has 1 amide bonds. The van der Waals surface area contributed by atoms with Crippen LogP contribution in [0.4, 0.5) is 5.69 Å². The number of hydrogen-bond acceptors (Lipinski definition) is 1. The lowest BCUT2D eigenvalue weighted by molar-refractivity contribution is -0.115. The van der Waals surface area contributed by atoms with E-state index < -0.39 is 5.38 Å². The third-order valence-electron chi connectivity index (χ3n) is 2.22. The largest absolute Gasteiger partial charge is 0.325 e. The molecule has 1 aromatic rings. The molecule has 1 rings (SSSR count). The van der Waals surface area contributed by atoms with Crippen molar-refractivity contribution in [1.82, 2.24) is 0 Å². The first kappa shape index (κ1) is 11.1. The molecule has 1 atom stereocenters. The monoisotopic (exact) mass is 211 g/mol. The van der Waals surface area contributed by atoms with Crippen LogP contribution in [0.15, 0.2) is 18.2 Å². The number of rotatable bonds is 2. The van der Waals surface area contributed by atoms with Crippen LogP contribution in [0.5, 0.6) is 0 Å². The number of hydrogen-bond donors (Lipinski definition) is 1. The van der Waals surface area contributed by atoms with E-state index >= 15 is 0 Å². The van der Waals surface area contributed by atoms with Gasteiger partial charge in [-0.15, -0.1) is 11.6 Å². The predicted octanol–water partition coefficient (Wildman–Crippen LogP) is 2.87. The Morgan fingerprint density at radius 3 is 2.64 bits per heavy atom. The van der Waals surface area contributed by atoms with Gasteiger partial charge in [-0.2, -0.15) is 0 Å². The molecule has 0 heterocycles. The van der Waals surface area contributed by atoms with E-state index in [4.69, 9.17) is 11.6 Å². The summed E-state index contributed by atoms with van der Waals surface area (Å²) in [7, 11) is 0. The van der Waals surface area contributed by atoms with E-state index in [-0.39, 0.29) is 5.91 Å². The minimum atomic E-state index is -0.505. The average molecular weight is 212 g/mol. The highest BCUT2D eigenvalue weighted by atomic mass is 35.5. The van der Waals surface area contributed by atoms with Crippen molar-refractivity contribution in [3.05, 3.63) is 29.3 Å². The number of benzene rings is 1. The maximum Gasteiger partial charge on any atom is 0.242 e. The molecule has 3 heteroatoms. The standard InChI is InChI=1S/C11H14ClNO/c1-7-5-4-6-10(8(7)2)13-11(14)9(3)12/h4-6,9H,1-3H3,(H,13,14). The normalized spacial score (nSPS) is 12.3. The molecule has 2 nitrogen and oxygen atoms in total. The van der Waals surface area contributed by atoms with Gasteiger partial charge in [0, 0.05) is 5.69 Å². The number of carbonyl (C=O) groups excluding carboxylic acids is 1. The van der Waals surface area contributed by atoms with Gasteiger partial charge in [0.25, 0.3) is 0 Å². The number of amides is 1. The van der Waals surface area contributed by atoms with Gasteiger partial charge in [-0.1, -0.05) is 12.1 Å². The van der Waals surface area contributed by atoms with Crippen molar-refractivity contribution in [3.8, 4) is 0 Å². The van der Waals surface area contributed by atoms with Crippen LogP contribution in [0.3, 0.4) is 0 Å². The Morgan fingerprint density at radius 1 is 1.43 bits per heavy atom. The first-order valence-electron chi connectivity index (χ1n) is 4.53. The maximum absolute atomic E-state index is 11.3. The number of carbonyl (C=O) groups is 1. The Balaban J connectivity index is 2.87. The van der Waals surface area contributed by atoms with Crippen LogP contribution < -0.4 is 5.32 Å². The van der Waals surface area contributed by atoms with Crippen LogP contribution in [-0.4, -0.2) is 11.3 Å². The van der Waals surface area contributed by atoms with Gasteiger partial charge in [0.1, 0.15) is 5.38 Å². The SMILES string of the molecule is Cc1cccc(NC(=O)C(C)Cl)c1C. The van der Waals surface area contributed by atoms with Crippen LogP contribution in [0.1, 0.15) is 18.1 Å². The first-order chi connectivity index (χ1) is 6.52. The van der Waals surface area contributed by atoms with Crippen LogP contribution >= 0.6 is 11.6 Å². The molecule has 14 heavy (non-hydrogen) atoms. The summed E-state index contributed by atoms with van der Waals surface area (Å²) in [6.45, 7) is 5.64. The summed E-state index contributed by atoms with van der Waals surface area (Å²) in [5, 5.41) is 2.27. The molecule has 76 valence electrons. The number of halogens is 1. The molecule has 0 fully saturated rings. The second-order valence-corrected chi connectivity index (χ2v) is 4.01. The van der Waals surface area contributed by atoms with Crippen molar-refractivity contribution >= 4 is 23.2 Å². The predicted molar refractivity (Wildman–Crippen MR) is 59.9 cm³/mol. The van der Waals surface area contributed by atoms with E-state index in [0.29, 0.717) is 0 Å². The highest BCUT2D eigenvalue weighted by Crippen LogP contribution is 2.18. The van der Waals surface area contributed by atoms with Crippen molar-refractivity contribution in [2.24, 2.45) is 0 Å². The van der Waals surface area contributed by atoms with Gasteiger partial charge in [-0.05, 0) is 38.0 Å². The smallest absolute Gasteiger partial charge is 0.242 e. The Morgan fingerprint density at radius 2 is 2.07 bits per heavy atom. The van der Waals surface area contributed by atoms with E-state index in [2.05, 4.69) is 5.32 Å². The second kappa shape index (κ2) is 4.47. The molecular weight excluding hydrogens is 198 g/mol. The van der Waals surface area contributed by atoms with E-state index in [1.807, 2.05) is 32.0 Å². The van der Waals surface area contributed by atoms with E-state index in [9.17, 15) is 4.79 Å². The van der Waals surface area contributed by atoms with Gasteiger partial charge in [-0.3, -0.25) is 4.79 Å². The van der Waals surface area contributed by atoms with Gasteiger partial charge < -0.3 is 5.32 Å². The summed E-state index contributed by atoms with van der Waals surface area (Å²) < 4.78 is 0.